The van der Waals surface area contributed by atoms with Gasteiger partial charge < -0.3 is 65.1 Å². The van der Waals surface area contributed by atoms with Gasteiger partial charge in [0.1, 0.15) is 48.8 Å². The number of carbonyl (C=O) groups excluding carboxylic acids is 1. The van der Waals surface area contributed by atoms with E-state index in [1.807, 2.05) is 13.0 Å². The number of aliphatic hydroxyl groups excluding tert-OH is 8. The van der Waals surface area contributed by atoms with Crippen LogP contribution in [0, 0.1) is 0 Å². The Balaban J connectivity index is 1.75. The Bertz CT molecular complexity index is 1150. The molecule has 0 radical (unpaired) electrons. The van der Waals surface area contributed by atoms with E-state index in [0.717, 1.165) is 38.5 Å². The quantitative estimate of drug-likeness (QED) is 0.0315. The second-order valence-electron chi connectivity index (χ2n) is 16.5. The van der Waals surface area contributed by atoms with E-state index >= 15 is 0 Å². The van der Waals surface area contributed by atoms with E-state index in [0.29, 0.717) is 12.8 Å². The van der Waals surface area contributed by atoms with Gasteiger partial charge in [-0.25, -0.2) is 0 Å². The Labute approximate surface area is 360 Å². The third-order valence-electron chi connectivity index (χ3n) is 11.3. The van der Waals surface area contributed by atoms with Crippen LogP contribution in [-0.4, -0.2) is 140 Å². The minimum atomic E-state index is -1.79. The highest BCUT2D eigenvalue weighted by Crippen LogP contribution is 2.30. The molecule has 350 valence electrons. The number of allylic oxidation sites excluding steroid dienone is 5. The van der Waals surface area contributed by atoms with Crippen molar-refractivity contribution in [2.45, 2.75) is 229 Å². The van der Waals surface area contributed by atoms with Crippen molar-refractivity contribution in [2.24, 2.45) is 0 Å². The lowest BCUT2D eigenvalue weighted by Crippen LogP contribution is -2.65. The molecule has 0 aliphatic carbocycles. The first kappa shape index (κ1) is 54.3. The Morgan fingerprint density at radius 3 is 1.63 bits per heavy atom. The molecular formula is C46H83NO13. The molecule has 60 heavy (non-hydrogen) atoms. The minimum absolute atomic E-state index is 0.255. The average Bonchev–Trinajstić information content (AvgIpc) is 3.24. The van der Waals surface area contributed by atoms with Gasteiger partial charge >= 0.3 is 0 Å². The summed E-state index contributed by atoms with van der Waals surface area (Å²) < 4.78 is 22.4. The summed E-state index contributed by atoms with van der Waals surface area (Å²) in [6, 6.07) is -0.930. The topological polar surface area (TPSA) is 228 Å². The number of unbranched alkanes of at least 4 members (excludes halogenated alkanes) is 17. The lowest BCUT2D eigenvalue weighted by molar-refractivity contribution is -0.359. The van der Waals surface area contributed by atoms with Crippen molar-refractivity contribution in [1.82, 2.24) is 5.32 Å². The molecule has 14 nitrogen and oxygen atoms in total. The first-order valence-electron chi connectivity index (χ1n) is 23.2. The molecule has 2 rings (SSSR count). The van der Waals surface area contributed by atoms with Crippen LogP contribution in [0.2, 0.25) is 0 Å². The largest absolute Gasteiger partial charge is 0.394 e. The molecule has 9 N–H and O–H groups in total. The molecule has 0 bridgehead atoms. The van der Waals surface area contributed by atoms with Crippen LogP contribution in [-0.2, 0) is 23.7 Å². The molecular weight excluding hydrogens is 775 g/mol. The average molecular weight is 858 g/mol. The maximum atomic E-state index is 12.8. The lowest BCUT2D eigenvalue weighted by atomic mass is 9.97. The monoisotopic (exact) mass is 858 g/mol. The van der Waals surface area contributed by atoms with Gasteiger partial charge in [-0.05, 0) is 44.9 Å². The van der Waals surface area contributed by atoms with E-state index < -0.39 is 86.8 Å². The van der Waals surface area contributed by atoms with Crippen LogP contribution in [0.25, 0.3) is 0 Å². The number of aliphatic hydroxyl groups is 8. The van der Waals surface area contributed by atoms with Crippen molar-refractivity contribution in [3.63, 3.8) is 0 Å². The molecule has 2 aliphatic heterocycles. The highest BCUT2D eigenvalue weighted by molar-refractivity contribution is 5.76. The van der Waals surface area contributed by atoms with Crippen molar-refractivity contribution < 1.29 is 64.6 Å². The van der Waals surface area contributed by atoms with Gasteiger partial charge in [0.25, 0.3) is 0 Å². The van der Waals surface area contributed by atoms with Gasteiger partial charge in [-0.1, -0.05) is 140 Å². The van der Waals surface area contributed by atoms with Crippen LogP contribution >= 0.6 is 0 Å². The standard InChI is InChI=1S/C46H83NO13/c1-3-5-7-8-9-10-11-12-13-14-15-16-17-18-19-20-21-22-23-24-25-26-28-29-35(50)34(47-38(51)30-27-6-4-2)33-57-45-43(56)41(54)44(37(32-49)59-45)60-46-42(55)40(53)39(52)36(31-48)58-46/h19-20,23-24,28-29,34-37,39-46,48-50,52-56H,3-18,21-22,25-27,30-33H2,1-2H3,(H,47,51)/b20-19+,24-23+,29-28+. The first-order chi connectivity index (χ1) is 29.1. The molecule has 1 amide bonds. The Morgan fingerprint density at radius 2 is 1.07 bits per heavy atom. The number of hydrogen-bond acceptors (Lipinski definition) is 13. The van der Waals surface area contributed by atoms with Crippen molar-refractivity contribution >= 4 is 5.91 Å². The molecule has 2 fully saturated rings. The van der Waals surface area contributed by atoms with E-state index in [-0.39, 0.29) is 18.9 Å². The molecule has 0 saturated carbocycles. The zero-order valence-electron chi connectivity index (χ0n) is 36.7. The van der Waals surface area contributed by atoms with Crippen LogP contribution < -0.4 is 5.32 Å². The summed E-state index contributed by atoms with van der Waals surface area (Å²) in [7, 11) is 0. The van der Waals surface area contributed by atoms with E-state index in [9.17, 15) is 45.6 Å². The van der Waals surface area contributed by atoms with Gasteiger partial charge in [-0.15, -0.1) is 0 Å². The number of rotatable bonds is 34. The molecule has 2 heterocycles. The molecule has 0 spiro atoms. The van der Waals surface area contributed by atoms with Crippen LogP contribution in [0.1, 0.15) is 155 Å². The van der Waals surface area contributed by atoms with Crippen molar-refractivity contribution in [2.75, 3.05) is 19.8 Å². The summed E-state index contributed by atoms with van der Waals surface area (Å²) in [5, 5.41) is 85.9. The van der Waals surface area contributed by atoms with Gasteiger partial charge in [0.05, 0.1) is 32.0 Å². The fourth-order valence-electron chi connectivity index (χ4n) is 7.44. The van der Waals surface area contributed by atoms with E-state index in [1.54, 1.807) is 6.08 Å². The maximum Gasteiger partial charge on any atom is 0.220 e. The Hall–Kier alpha value is -1.79. The number of ether oxygens (including phenoxy) is 4. The van der Waals surface area contributed by atoms with Crippen LogP contribution in [0.15, 0.2) is 36.5 Å². The molecule has 0 aromatic rings. The van der Waals surface area contributed by atoms with Gasteiger partial charge in [0.15, 0.2) is 12.6 Å². The third kappa shape index (κ3) is 21.5. The number of amides is 1. The summed E-state index contributed by atoms with van der Waals surface area (Å²) in [6.45, 7) is 2.55. The maximum absolute atomic E-state index is 12.8. The highest BCUT2D eigenvalue weighted by atomic mass is 16.7. The Morgan fingerprint density at radius 1 is 0.583 bits per heavy atom. The number of carbonyl (C=O) groups is 1. The van der Waals surface area contributed by atoms with Gasteiger partial charge in [-0.2, -0.15) is 0 Å². The zero-order valence-corrected chi connectivity index (χ0v) is 36.7. The third-order valence-corrected chi connectivity index (χ3v) is 11.3. The van der Waals surface area contributed by atoms with Crippen LogP contribution in [0.4, 0.5) is 0 Å². The van der Waals surface area contributed by atoms with Crippen molar-refractivity contribution in [3.05, 3.63) is 36.5 Å². The number of hydrogen-bond donors (Lipinski definition) is 9. The SMILES string of the molecule is CCCCCCCCCCCCCCC/C=C/CC/C=C/CC/C=C/C(O)C(COC1OC(CO)C(OC2OC(CO)C(O)C(O)C2O)C(O)C1O)NC(=O)CCCCC. The molecule has 12 unspecified atom stereocenters. The normalized spacial score (nSPS) is 28.6. The van der Waals surface area contributed by atoms with Crippen LogP contribution in [0.5, 0.6) is 0 Å². The Kier molecular flexibility index (Phi) is 30.5. The van der Waals surface area contributed by atoms with E-state index in [1.165, 1.54) is 83.5 Å². The van der Waals surface area contributed by atoms with Gasteiger partial charge in [0, 0.05) is 6.42 Å². The molecule has 0 aromatic heterocycles. The summed E-state index contributed by atoms with van der Waals surface area (Å²) in [5.41, 5.74) is 0. The molecule has 2 saturated heterocycles. The fourth-order valence-corrected chi connectivity index (χ4v) is 7.44. The molecule has 0 aromatic carbocycles. The van der Waals surface area contributed by atoms with E-state index in [4.69, 9.17) is 18.9 Å². The highest BCUT2D eigenvalue weighted by Gasteiger charge is 2.50. The molecule has 14 heteroatoms. The zero-order chi connectivity index (χ0) is 44.0. The van der Waals surface area contributed by atoms with Gasteiger partial charge in [-0.3, -0.25) is 4.79 Å². The minimum Gasteiger partial charge on any atom is -0.394 e. The summed E-state index contributed by atoms with van der Waals surface area (Å²) in [4.78, 5) is 12.8. The van der Waals surface area contributed by atoms with Gasteiger partial charge in [0.2, 0.25) is 5.91 Å². The molecule has 2 aliphatic rings. The van der Waals surface area contributed by atoms with Crippen molar-refractivity contribution in [1.29, 1.82) is 0 Å². The summed E-state index contributed by atoms with van der Waals surface area (Å²) in [5.74, 6) is -0.280. The fraction of sp³-hybridized carbons (Fsp3) is 0.848. The smallest absolute Gasteiger partial charge is 0.220 e. The van der Waals surface area contributed by atoms with E-state index in [2.05, 4.69) is 36.5 Å². The first-order valence-corrected chi connectivity index (χ1v) is 23.2. The summed E-state index contributed by atoms with van der Waals surface area (Å²) >= 11 is 0. The van der Waals surface area contributed by atoms with Crippen LogP contribution in [0.3, 0.4) is 0 Å². The summed E-state index contributed by atoms with van der Waals surface area (Å²) in [6.07, 6.45) is 20.3. The predicted octanol–water partition coefficient (Wildman–Crippen LogP) is 4.76. The van der Waals surface area contributed by atoms with Crippen molar-refractivity contribution in [3.8, 4) is 0 Å². The lowest BCUT2D eigenvalue weighted by Gasteiger charge is -2.46. The second-order valence-corrected chi connectivity index (χ2v) is 16.5. The number of nitrogens with one attached hydrogen (secondary N) is 1. The second kappa shape index (κ2) is 33.7. The molecule has 12 atom stereocenters. The predicted molar refractivity (Wildman–Crippen MR) is 231 cm³/mol.